The molecule has 162 valence electrons. The van der Waals surface area contributed by atoms with Crippen molar-refractivity contribution in [3.05, 3.63) is 53.7 Å². The molecule has 0 amide bonds. The van der Waals surface area contributed by atoms with Crippen molar-refractivity contribution < 1.29 is 22.8 Å². The molecule has 0 spiro atoms. The third-order valence-electron chi connectivity index (χ3n) is 6.27. The number of benzene rings is 2. The van der Waals surface area contributed by atoms with Gasteiger partial charge in [-0.1, -0.05) is 12.1 Å². The van der Waals surface area contributed by atoms with Crippen LogP contribution in [0.4, 0.5) is 0 Å². The molecular formula is C21H22N3O5PS. The first-order valence-electron chi connectivity index (χ1n) is 9.99. The fourth-order valence-corrected chi connectivity index (χ4v) is 6.90. The van der Waals surface area contributed by atoms with Crippen molar-refractivity contribution in [3.63, 3.8) is 0 Å². The Morgan fingerprint density at radius 3 is 2.58 bits per heavy atom. The molecule has 1 unspecified atom stereocenters. The molecule has 2 aliphatic heterocycles. The summed E-state index contributed by atoms with van der Waals surface area (Å²) in [6.07, 6.45) is 1.27. The minimum atomic E-state index is -3.64. The first kappa shape index (κ1) is 20.4. The lowest BCUT2D eigenvalue weighted by molar-refractivity contribution is -0.136. The average Bonchev–Trinajstić information content (AvgIpc) is 3.39. The number of fused-ring (bicyclic) bond motifs is 2. The largest absolute Gasteiger partial charge is 0.481 e. The molecule has 31 heavy (non-hydrogen) atoms. The van der Waals surface area contributed by atoms with Crippen molar-refractivity contribution in [1.82, 2.24) is 14.1 Å². The molecule has 2 saturated heterocycles. The van der Waals surface area contributed by atoms with Gasteiger partial charge in [0.1, 0.15) is 5.75 Å². The minimum Gasteiger partial charge on any atom is -0.481 e. The third kappa shape index (κ3) is 3.23. The summed E-state index contributed by atoms with van der Waals surface area (Å²) < 4.78 is 35.1. The fourth-order valence-electron chi connectivity index (χ4n) is 4.87. The van der Waals surface area contributed by atoms with Crippen molar-refractivity contribution in [2.24, 2.45) is 0 Å². The van der Waals surface area contributed by atoms with Gasteiger partial charge in [0.15, 0.2) is 0 Å². The average molecular weight is 459 g/mol. The Labute approximate surface area is 182 Å². The zero-order chi connectivity index (χ0) is 21.9. The summed E-state index contributed by atoms with van der Waals surface area (Å²) in [5, 5.41) is 14.7. The highest BCUT2D eigenvalue weighted by molar-refractivity contribution is 7.89. The van der Waals surface area contributed by atoms with Crippen LogP contribution in [0.2, 0.25) is 0 Å². The summed E-state index contributed by atoms with van der Waals surface area (Å²) in [5.74, 6) is -0.372. The first-order valence-corrected chi connectivity index (χ1v) is 11.9. The van der Waals surface area contributed by atoms with Gasteiger partial charge < -0.3 is 9.63 Å². The van der Waals surface area contributed by atoms with E-state index in [0.29, 0.717) is 17.9 Å². The van der Waals surface area contributed by atoms with Gasteiger partial charge in [-0.2, -0.15) is 9.40 Å². The van der Waals surface area contributed by atoms with Gasteiger partial charge in [-0.05, 0) is 55.7 Å². The maximum Gasteiger partial charge on any atom is 0.309 e. The van der Waals surface area contributed by atoms with Crippen LogP contribution in [0.5, 0.6) is 5.75 Å². The van der Waals surface area contributed by atoms with Crippen LogP contribution in [0.1, 0.15) is 30.1 Å². The van der Waals surface area contributed by atoms with E-state index in [0.717, 1.165) is 22.9 Å². The van der Waals surface area contributed by atoms with Crippen LogP contribution in [0.25, 0.3) is 10.9 Å². The lowest BCUT2D eigenvalue weighted by Gasteiger charge is -2.39. The molecule has 1 aliphatic carbocycles. The maximum atomic E-state index is 13.3. The third-order valence-corrected chi connectivity index (χ3v) is 8.53. The number of hydrogen-bond acceptors (Lipinski definition) is 5. The van der Waals surface area contributed by atoms with E-state index in [9.17, 15) is 18.3 Å². The smallest absolute Gasteiger partial charge is 0.309 e. The van der Waals surface area contributed by atoms with Crippen LogP contribution < -0.4 is 4.52 Å². The Hall–Kier alpha value is -2.48. The molecular weight excluding hydrogens is 437 g/mol. The standard InChI is InChI=1S/C21H22N3O5PS/c1-12-2-7-16-17(11-21(25)26)22-23(18(16)8-12)19-9-13-10-20(19)24(13)31(27,28)15-5-3-14(29-30)4-6-15/h2-8,13,19-20H,9-11,30H2,1H3,(H,25,26)/t13-,19-,20+/m1/s1. The highest BCUT2D eigenvalue weighted by Crippen LogP contribution is 2.51. The van der Waals surface area contributed by atoms with Crippen LogP contribution in [0.3, 0.4) is 0 Å². The topological polar surface area (TPSA) is 102 Å². The zero-order valence-electron chi connectivity index (χ0n) is 16.8. The second kappa shape index (κ2) is 7.29. The van der Waals surface area contributed by atoms with Crippen molar-refractivity contribution in [3.8, 4) is 5.75 Å². The quantitative estimate of drug-likeness (QED) is 0.569. The number of carbonyl (C=O) groups is 1. The summed E-state index contributed by atoms with van der Waals surface area (Å²) in [6, 6.07) is 11.8. The van der Waals surface area contributed by atoms with E-state index in [2.05, 4.69) is 14.6 Å². The molecule has 3 aromatic rings. The van der Waals surface area contributed by atoms with Gasteiger partial charge in [-0.15, -0.1) is 0 Å². The number of aromatic nitrogens is 2. The number of aryl methyl sites for hydroxylation is 1. The Morgan fingerprint density at radius 1 is 1.19 bits per heavy atom. The molecule has 1 N–H and O–H groups in total. The van der Waals surface area contributed by atoms with Crippen molar-refractivity contribution >= 4 is 36.4 Å². The van der Waals surface area contributed by atoms with E-state index in [1.165, 1.54) is 0 Å². The van der Waals surface area contributed by atoms with Gasteiger partial charge in [-0.3, -0.25) is 9.48 Å². The van der Waals surface area contributed by atoms with Crippen LogP contribution in [-0.2, 0) is 21.2 Å². The summed E-state index contributed by atoms with van der Waals surface area (Å²) >= 11 is 0. The number of rotatable bonds is 6. The van der Waals surface area contributed by atoms with Gasteiger partial charge in [0.2, 0.25) is 10.0 Å². The summed E-state index contributed by atoms with van der Waals surface area (Å²) in [4.78, 5) is 11.6. The molecule has 3 aliphatic rings. The van der Waals surface area contributed by atoms with Crippen LogP contribution in [0, 0.1) is 6.92 Å². The lowest BCUT2D eigenvalue weighted by atomic mass is 10.1. The van der Waals surface area contributed by atoms with Crippen molar-refractivity contribution in [2.75, 3.05) is 0 Å². The zero-order valence-corrected chi connectivity index (χ0v) is 18.8. The van der Waals surface area contributed by atoms with E-state index in [1.807, 2.05) is 29.8 Å². The molecule has 4 atom stereocenters. The predicted octanol–water partition coefficient (Wildman–Crippen LogP) is 2.92. The number of hydrogen-bond donors (Lipinski definition) is 1. The second-order valence-electron chi connectivity index (χ2n) is 8.17. The van der Waals surface area contributed by atoms with Crippen LogP contribution in [0.15, 0.2) is 47.4 Å². The Bertz CT molecular complexity index is 1290. The highest BCUT2D eigenvalue weighted by Gasteiger charge is 2.58. The Morgan fingerprint density at radius 2 is 1.90 bits per heavy atom. The van der Waals surface area contributed by atoms with Crippen molar-refractivity contribution in [2.45, 2.75) is 49.2 Å². The summed E-state index contributed by atoms with van der Waals surface area (Å²) in [7, 11) is -1.50. The van der Waals surface area contributed by atoms with E-state index in [-0.39, 0.29) is 29.4 Å². The van der Waals surface area contributed by atoms with Crippen LogP contribution in [-0.4, -0.2) is 45.7 Å². The lowest BCUT2D eigenvalue weighted by Crippen LogP contribution is -2.53. The second-order valence-corrected chi connectivity index (χ2v) is 10.2. The number of nitrogens with zero attached hydrogens (tertiary/aromatic N) is 3. The van der Waals surface area contributed by atoms with Gasteiger partial charge in [0.25, 0.3) is 0 Å². The van der Waals surface area contributed by atoms with Crippen molar-refractivity contribution in [1.29, 1.82) is 0 Å². The fraction of sp³-hybridized carbons (Fsp3) is 0.333. The molecule has 1 saturated carbocycles. The Balaban J connectivity index is 1.51. The van der Waals surface area contributed by atoms with Gasteiger partial charge >= 0.3 is 5.97 Å². The molecule has 6 rings (SSSR count). The number of carboxylic acid groups (broad SMARTS) is 1. The molecule has 10 heteroatoms. The molecule has 2 bridgehead atoms. The van der Waals surface area contributed by atoms with Gasteiger partial charge in [0, 0.05) is 17.5 Å². The maximum absolute atomic E-state index is 13.3. The SMILES string of the molecule is Cc1ccc2c(CC(=O)O)nn([C@@H]3C[C@@H]4C[C@@H]3N4S(=O)(=O)c3ccc(OP)cc3)c2c1. The monoisotopic (exact) mass is 459 g/mol. The molecule has 8 nitrogen and oxygen atoms in total. The Kier molecular flexibility index (Phi) is 4.80. The minimum absolute atomic E-state index is 0.0790. The van der Waals surface area contributed by atoms with Gasteiger partial charge in [-0.25, -0.2) is 8.42 Å². The van der Waals surface area contributed by atoms with E-state index in [1.54, 1.807) is 28.6 Å². The molecule has 0 radical (unpaired) electrons. The predicted molar refractivity (Wildman–Crippen MR) is 117 cm³/mol. The molecule has 1 aromatic heterocycles. The van der Waals surface area contributed by atoms with E-state index < -0.39 is 16.0 Å². The highest BCUT2D eigenvalue weighted by atomic mass is 32.2. The number of sulfonamides is 1. The number of aliphatic carboxylic acids is 1. The van der Waals surface area contributed by atoms with Crippen LogP contribution >= 0.6 is 9.47 Å². The first-order chi connectivity index (χ1) is 14.8. The van der Waals surface area contributed by atoms with E-state index >= 15 is 0 Å². The summed E-state index contributed by atoms with van der Waals surface area (Å²) in [5.41, 5.74) is 2.41. The molecule has 2 aromatic carbocycles. The molecule has 3 heterocycles. The van der Waals surface area contributed by atoms with Gasteiger partial charge in [0.05, 0.1) is 38.0 Å². The number of carboxylic acids is 1. The normalized spacial score (nSPS) is 23.1. The summed E-state index contributed by atoms with van der Waals surface area (Å²) in [6.45, 7) is 1.97. The van der Waals surface area contributed by atoms with E-state index in [4.69, 9.17) is 4.52 Å². The molecule has 3 fully saturated rings.